The maximum absolute atomic E-state index is 13.2. The van der Waals surface area contributed by atoms with Gasteiger partial charge in [0.25, 0.3) is 0 Å². The molecule has 136 valence electrons. The first-order chi connectivity index (χ1) is 13.0. The summed E-state index contributed by atoms with van der Waals surface area (Å²) in [4.78, 5) is 0.337. The number of aryl methyl sites for hydroxylation is 1. The van der Waals surface area contributed by atoms with Gasteiger partial charge in [-0.05, 0) is 42.0 Å². The number of thiocarbonyl (C=S) groups is 1. The van der Waals surface area contributed by atoms with Crippen LogP contribution < -0.4 is 15.0 Å². The number of nitrogens with one attached hydrogen (secondary N) is 1. The zero-order chi connectivity index (χ0) is 19.2. The topological polar surface area (TPSA) is 39.0 Å². The Balaban J connectivity index is 1.98. The lowest BCUT2D eigenvalue weighted by molar-refractivity contribution is -0.578. The van der Waals surface area contributed by atoms with Crippen molar-refractivity contribution in [1.29, 1.82) is 0 Å². The van der Waals surface area contributed by atoms with Gasteiger partial charge >= 0.3 is 0 Å². The van der Waals surface area contributed by atoms with Crippen LogP contribution in [0.1, 0.15) is 16.7 Å². The van der Waals surface area contributed by atoms with Crippen LogP contribution in [0, 0.1) is 12.7 Å². The number of rotatable bonds is 5. The van der Waals surface area contributed by atoms with Gasteiger partial charge in [0.2, 0.25) is 5.70 Å². The number of aromatic nitrogens is 1. The Kier molecular flexibility index (Phi) is 5.94. The summed E-state index contributed by atoms with van der Waals surface area (Å²) in [6.45, 7) is 2.45. The predicted octanol–water partition coefficient (Wildman–Crippen LogP) is 3.22. The van der Waals surface area contributed by atoms with E-state index in [1.165, 1.54) is 24.3 Å². The molecule has 0 amide bonds. The second-order valence-electron chi connectivity index (χ2n) is 6.14. The van der Waals surface area contributed by atoms with Crippen molar-refractivity contribution in [2.45, 2.75) is 13.5 Å². The fourth-order valence-corrected chi connectivity index (χ4v) is 2.94. The van der Waals surface area contributed by atoms with Crippen molar-refractivity contribution in [2.75, 3.05) is 0 Å². The average Bonchev–Trinajstić information content (AvgIpc) is 2.68. The van der Waals surface area contributed by atoms with Gasteiger partial charge in [-0.1, -0.05) is 54.7 Å². The first-order valence-corrected chi connectivity index (χ1v) is 8.93. The zero-order valence-electron chi connectivity index (χ0n) is 14.9. The van der Waals surface area contributed by atoms with Gasteiger partial charge in [0.1, 0.15) is 5.82 Å². The third-order valence-corrected chi connectivity index (χ3v) is 4.38. The Hall–Kier alpha value is -3.05. The standard InChI is InChI=1S/C22H19FN2OS/c1-16-6-5-13-25(15-16)20(21(26)18-9-11-19(23)12-10-18)22(27)24-14-17-7-3-2-4-8-17/h2-13,15H,14H2,1H3,(H-,24,26,27). The van der Waals surface area contributed by atoms with Gasteiger partial charge in [-0.15, -0.1) is 0 Å². The second-order valence-corrected chi connectivity index (χ2v) is 6.55. The smallest absolute Gasteiger partial charge is 0.237 e. The minimum Gasteiger partial charge on any atom is -0.867 e. The van der Waals surface area contributed by atoms with Crippen LogP contribution in [0.4, 0.5) is 4.39 Å². The number of hydrogen-bond donors (Lipinski definition) is 1. The number of nitrogens with zero attached hydrogens (tertiary/aromatic N) is 1. The molecule has 3 rings (SSSR count). The normalized spacial score (nSPS) is 11.6. The lowest BCUT2D eigenvalue weighted by Gasteiger charge is -2.17. The molecule has 0 saturated heterocycles. The van der Waals surface area contributed by atoms with Gasteiger partial charge in [-0.3, -0.25) is 0 Å². The summed E-state index contributed by atoms with van der Waals surface area (Å²) in [7, 11) is 0. The molecule has 0 aliphatic rings. The first kappa shape index (κ1) is 18.7. The molecule has 0 bridgehead atoms. The van der Waals surface area contributed by atoms with Crippen LogP contribution in [0.3, 0.4) is 0 Å². The highest BCUT2D eigenvalue weighted by atomic mass is 32.1. The SMILES string of the molecule is Cc1ccc[n+](/C(C(=S)NCc2ccccc2)=C(/[O-])c2ccc(F)cc2)c1. The lowest BCUT2D eigenvalue weighted by atomic mass is 10.1. The Morgan fingerprint density at radius 2 is 1.74 bits per heavy atom. The number of benzene rings is 2. The molecule has 0 saturated carbocycles. The molecular weight excluding hydrogens is 359 g/mol. The van der Waals surface area contributed by atoms with E-state index in [2.05, 4.69) is 5.32 Å². The van der Waals surface area contributed by atoms with Gasteiger partial charge in [0.15, 0.2) is 17.4 Å². The number of pyridine rings is 1. The van der Waals surface area contributed by atoms with Crippen molar-refractivity contribution in [3.05, 3.63) is 102 Å². The molecule has 1 N–H and O–H groups in total. The summed E-state index contributed by atoms with van der Waals surface area (Å²) in [6.07, 6.45) is 3.62. The summed E-state index contributed by atoms with van der Waals surface area (Å²) in [5, 5.41) is 16.3. The van der Waals surface area contributed by atoms with Crippen molar-refractivity contribution in [3.63, 3.8) is 0 Å². The van der Waals surface area contributed by atoms with Gasteiger partial charge in [0, 0.05) is 18.2 Å². The largest absolute Gasteiger partial charge is 0.867 e. The van der Waals surface area contributed by atoms with Crippen LogP contribution >= 0.6 is 12.2 Å². The summed E-state index contributed by atoms with van der Waals surface area (Å²) in [5.41, 5.74) is 2.76. The Morgan fingerprint density at radius 3 is 2.41 bits per heavy atom. The van der Waals surface area contributed by atoms with E-state index >= 15 is 0 Å². The van der Waals surface area contributed by atoms with Gasteiger partial charge < -0.3 is 10.4 Å². The lowest BCUT2D eigenvalue weighted by Crippen LogP contribution is -2.42. The third-order valence-electron chi connectivity index (χ3n) is 4.04. The minimum atomic E-state index is -0.388. The number of halogens is 1. The Morgan fingerprint density at radius 1 is 1.04 bits per heavy atom. The molecule has 2 aromatic carbocycles. The molecule has 0 atom stereocenters. The van der Waals surface area contributed by atoms with E-state index in [0.717, 1.165) is 11.1 Å². The number of hydrogen-bond acceptors (Lipinski definition) is 2. The van der Waals surface area contributed by atoms with Crippen LogP contribution in [0.15, 0.2) is 79.1 Å². The Bertz CT molecular complexity index is 969. The summed E-state index contributed by atoms with van der Waals surface area (Å²) < 4.78 is 14.9. The van der Waals surface area contributed by atoms with Crippen LogP contribution in [0.25, 0.3) is 11.5 Å². The van der Waals surface area contributed by atoms with E-state index < -0.39 is 0 Å². The quantitative estimate of drug-likeness (QED) is 0.321. The summed E-state index contributed by atoms with van der Waals surface area (Å²) in [6, 6.07) is 19.1. The van der Waals surface area contributed by atoms with Crippen LogP contribution in [-0.4, -0.2) is 4.99 Å². The molecule has 0 aliphatic heterocycles. The van der Waals surface area contributed by atoms with Crippen LogP contribution in [0.5, 0.6) is 0 Å². The third kappa shape index (κ3) is 4.77. The van der Waals surface area contributed by atoms with E-state index in [1.54, 1.807) is 10.8 Å². The Labute approximate surface area is 163 Å². The molecular formula is C22H19FN2OS. The molecule has 27 heavy (non-hydrogen) atoms. The molecule has 0 spiro atoms. The fraction of sp³-hybridized carbons (Fsp3) is 0.0909. The molecule has 0 aliphatic carbocycles. The monoisotopic (exact) mass is 378 g/mol. The molecule has 1 aromatic heterocycles. The van der Waals surface area contributed by atoms with E-state index in [-0.39, 0.29) is 11.6 Å². The van der Waals surface area contributed by atoms with E-state index in [0.29, 0.717) is 22.8 Å². The summed E-state index contributed by atoms with van der Waals surface area (Å²) in [5.74, 6) is -0.655. The maximum Gasteiger partial charge on any atom is 0.237 e. The van der Waals surface area contributed by atoms with Crippen molar-refractivity contribution in [3.8, 4) is 0 Å². The zero-order valence-corrected chi connectivity index (χ0v) is 15.7. The van der Waals surface area contributed by atoms with Gasteiger partial charge in [-0.2, -0.15) is 4.57 Å². The molecule has 0 fully saturated rings. The highest BCUT2D eigenvalue weighted by Gasteiger charge is 2.18. The molecule has 3 nitrogen and oxygen atoms in total. The van der Waals surface area contributed by atoms with Crippen LogP contribution in [-0.2, 0) is 6.54 Å². The second kappa shape index (κ2) is 8.56. The van der Waals surface area contributed by atoms with Crippen molar-refractivity contribution in [1.82, 2.24) is 5.32 Å². The van der Waals surface area contributed by atoms with Crippen LogP contribution in [0.2, 0.25) is 0 Å². The van der Waals surface area contributed by atoms with E-state index in [9.17, 15) is 9.50 Å². The summed E-state index contributed by atoms with van der Waals surface area (Å²) >= 11 is 5.54. The minimum absolute atomic E-state index is 0.267. The molecule has 5 heteroatoms. The van der Waals surface area contributed by atoms with Gasteiger partial charge in [0.05, 0.1) is 0 Å². The molecule has 1 heterocycles. The van der Waals surface area contributed by atoms with Crippen molar-refractivity contribution < 1.29 is 14.1 Å². The fourth-order valence-electron chi connectivity index (χ4n) is 2.67. The molecule has 3 aromatic rings. The average molecular weight is 378 g/mol. The molecule has 0 unspecified atom stereocenters. The van der Waals surface area contributed by atoms with E-state index in [4.69, 9.17) is 12.2 Å². The maximum atomic E-state index is 13.2. The highest BCUT2D eigenvalue weighted by Crippen LogP contribution is 2.15. The van der Waals surface area contributed by atoms with E-state index in [1.807, 2.05) is 55.6 Å². The van der Waals surface area contributed by atoms with Gasteiger partial charge in [-0.25, -0.2) is 4.39 Å². The predicted molar refractivity (Wildman–Crippen MR) is 107 cm³/mol. The van der Waals surface area contributed by atoms with Crippen molar-refractivity contribution >= 4 is 28.7 Å². The highest BCUT2D eigenvalue weighted by molar-refractivity contribution is 7.81. The van der Waals surface area contributed by atoms with Crippen molar-refractivity contribution in [2.24, 2.45) is 0 Å². The first-order valence-electron chi connectivity index (χ1n) is 8.52. The molecule has 0 radical (unpaired) electrons.